The van der Waals surface area contributed by atoms with Gasteiger partial charge >= 0.3 is 0 Å². The number of hydrogen-bond donors (Lipinski definition) is 1. The first-order valence-corrected chi connectivity index (χ1v) is 12.7. The second-order valence-corrected chi connectivity index (χ2v) is 10.2. The van der Waals surface area contributed by atoms with Gasteiger partial charge in [-0.15, -0.1) is 0 Å². The van der Waals surface area contributed by atoms with Gasteiger partial charge in [-0.25, -0.2) is 9.97 Å². The first-order chi connectivity index (χ1) is 16.2. The summed E-state index contributed by atoms with van der Waals surface area (Å²) >= 11 is 0. The molecule has 1 aromatic heterocycles. The van der Waals surface area contributed by atoms with Gasteiger partial charge in [0.2, 0.25) is 11.8 Å². The van der Waals surface area contributed by atoms with E-state index in [1.165, 1.54) is 25.7 Å². The van der Waals surface area contributed by atoms with Crippen LogP contribution in [-0.2, 0) is 9.59 Å². The predicted molar refractivity (Wildman–Crippen MR) is 138 cm³/mol. The summed E-state index contributed by atoms with van der Waals surface area (Å²) in [5, 5.41) is 4.24. The average molecular weight is 468 g/mol. The van der Waals surface area contributed by atoms with Crippen molar-refractivity contribution in [3.8, 4) is 0 Å². The van der Waals surface area contributed by atoms with Gasteiger partial charge in [0.15, 0.2) is 0 Å². The molecule has 2 aliphatic rings. The standard InChI is InChI=1S/C16H28N2O2.C11H13N3/c1-12-3-5-14(6-4-12)11-17-16(20)15-7-9-18(10-8-15)13(2)19;1-8-12-10-7-5-4-6-9(10)11(13-8)14(2)3/h12,14-15H,3-11H2,1-2H3,(H,17,20);4-7H,1-3H3. The third-order valence-corrected chi connectivity index (χ3v) is 7.13. The Kier molecular flexibility index (Phi) is 9.25. The van der Waals surface area contributed by atoms with E-state index in [2.05, 4.69) is 22.2 Å². The summed E-state index contributed by atoms with van der Waals surface area (Å²) in [6, 6.07) is 8.06. The van der Waals surface area contributed by atoms with Gasteiger partial charge in [-0.2, -0.15) is 0 Å². The van der Waals surface area contributed by atoms with Crippen molar-refractivity contribution in [2.75, 3.05) is 38.6 Å². The number of anilines is 1. The van der Waals surface area contributed by atoms with E-state index in [0.717, 1.165) is 60.9 Å². The van der Waals surface area contributed by atoms with E-state index in [1.54, 1.807) is 6.92 Å². The maximum atomic E-state index is 12.2. The summed E-state index contributed by atoms with van der Waals surface area (Å²) in [7, 11) is 3.99. The largest absolute Gasteiger partial charge is 0.362 e. The van der Waals surface area contributed by atoms with E-state index in [0.29, 0.717) is 5.92 Å². The third-order valence-electron chi connectivity index (χ3n) is 7.13. The Balaban J connectivity index is 0.000000202. The van der Waals surface area contributed by atoms with Crippen LogP contribution in [0.4, 0.5) is 5.82 Å². The summed E-state index contributed by atoms with van der Waals surface area (Å²) in [5.74, 6) is 3.76. The van der Waals surface area contributed by atoms with Crippen LogP contribution >= 0.6 is 0 Å². The maximum absolute atomic E-state index is 12.2. The van der Waals surface area contributed by atoms with E-state index in [9.17, 15) is 9.59 Å². The molecule has 2 heterocycles. The molecule has 1 aliphatic heterocycles. The Hall–Kier alpha value is -2.70. The van der Waals surface area contributed by atoms with Gasteiger partial charge in [0.1, 0.15) is 11.6 Å². The Morgan fingerprint density at radius 2 is 1.68 bits per heavy atom. The van der Waals surface area contributed by atoms with Crippen LogP contribution < -0.4 is 10.2 Å². The maximum Gasteiger partial charge on any atom is 0.223 e. The van der Waals surface area contributed by atoms with E-state index in [1.807, 2.05) is 55.1 Å². The number of carbonyl (C=O) groups excluding carboxylic acids is 2. The zero-order chi connectivity index (χ0) is 24.7. The Bertz CT molecular complexity index is 961. The lowest BCUT2D eigenvalue weighted by Gasteiger charge is -2.31. The van der Waals surface area contributed by atoms with Crippen LogP contribution in [0.5, 0.6) is 0 Å². The lowest BCUT2D eigenvalue weighted by atomic mass is 9.83. The number of likely N-dealkylation sites (tertiary alicyclic amines) is 1. The molecule has 0 spiro atoms. The average Bonchev–Trinajstić information content (AvgIpc) is 2.83. The van der Waals surface area contributed by atoms with Crippen molar-refractivity contribution in [3.05, 3.63) is 30.1 Å². The number of fused-ring (bicyclic) bond motifs is 1. The number of para-hydroxylation sites is 1. The number of amides is 2. The number of piperidine rings is 1. The molecule has 1 aromatic carbocycles. The third kappa shape index (κ3) is 7.15. The minimum absolute atomic E-state index is 0.105. The number of hydrogen-bond acceptors (Lipinski definition) is 5. The highest BCUT2D eigenvalue weighted by Crippen LogP contribution is 2.28. The normalized spacial score (nSPS) is 20.9. The molecule has 0 radical (unpaired) electrons. The van der Waals surface area contributed by atoms with Crippen molar-refractivity contribution in [2.24, 2.45) is 17.8 Å². The van der Waals surface area contributed by atoms with Gasteiger partial charge in [-0.3, -0.25) is 9.59 Å². The second-order valence-electron chi connectivity index (χ2n) is 10.2. The number of benzene rings is 1. The highest BCUT2D eigenvalue weighted by molar-refractivity contribution is 5.89. The number of aromatic nitrogens is 2. The molecule has 0 atom stereocenters. The van der Waals surface area contributed by atoms with Crippen LogP contribution in [0.15, 0.2) is 24.3 Å². The van der Waals surface area contributed by atoms with E-state index < -0.39 is 0 Å². The van der Waals surface area contributed by atoms with Crippen molar-refractivity contribution in [3.63, 3.8) is 0 Å². The molecular formula is C27H41N5O2. The lowest BCUT2D eigenvalue weighted by molar-refractivity contribution is -0.134. The summed E-state index contributed by atoms with van der Waals surface area (Å²) in [5.41, 5.74) is 1.00. The first-order valence-electron chi connectivity index (χ1n) is 12.7. The van der Waals surface area contributed by atoms with Crippen LogP contribution in [0.2, 0.25) is 0 Å². The molecule has 7 nitrogen and oxygen atoms in total. The zero-order valence-electron chi connectivity index (χ0n) is 21.5. The van der Waals surface area contributed by atoms with Crippen molar-refractivity contribution in [1.29, 1.82) is 0 Å². The summed E-state index contributed by atoms with van der Waals surface area (Å²) in [4.78, 5) is 36.1. The van der Waals surface area contributed by atoms with Gasteiger partial charge in [-0.05, 0) is 56.6 Å². The molecular weight excluding hydrogens is 426 g/mol. The number of nitrogens with zero attached hydrogens (tertiary/aromatic N) is 4. The SMILES string of the molecule is CC(=O)N1CCC(C(=O)NCC2CCC(C)CC2)CC1.Cc1nc(N(C)C)c2ccccc2n1. The van der Waals surface area contributed by atoms with Gasteiger partial charge in [0.05, 0.1) is 5.52 Å². The molecule has 1 saturated carbocycles. The molecule has 2 fully saturated rings. The molecule has 7 heteroatoms. The quantitative estimate of drug-likeness (QED) is 0.729. The van der Waals surface area contributed by atoms with Gasteiger partial charge < -0.3 is 15.1 Å². The van der Waals surface area contributed by atoms with Gasteiger partial charge in [-0.1, -0.05) is 31.9 Å². The molecule has 4 rings (SSSR count). The Morgan fingerprint density at radius 1 is 1.03 bits per heavy atom. The number of aryl methyl sites for hydroxylation is 1. The smallest absolute Gasteiger partial charge is 0.223 e. The molecule has 0 unspecified atom stereocenters. The minimum atomic E-state index is 0.105. The molecule has 1 saturated heterocycles. The van der Waals surface area contributed by atoms with Crippen molar-refractivity contribution in [2.45, 2.75) is 59.3 Å². The van der Waals surface area contributed by atoms with Crippen molar-refractivity contribution in [1.82, 2.24) is 20.2 Å². The number of nitrogens with one attached hydrogen (secondary N) is 1. The topological polar surface area (TPSA) is 78.4 Å². The Morgan fingerprint density at radius 3 is 2.29 bits per heavy atom. The van der Waals surface area contributed by atoms with Gasteiger partial charge in [0, 0.05) is 52.0 Å². The zero-order valence-corrected chi connectivity index (χ0v) is 21.5. The minimum Gasteiger partial charge on any atom is -0.362 e. The monoisotopic (exact) mass is 467 g/mol. The summed E-state index contributed by atoms with van der Waals surface area (Å²) in [6.07, 6.45) is 6.74. The molecule has 2 amide bonds. The molecule has 0 bridgehead atoms. The fourth-order valence-corrected chi connectivity index (χ4v) is 4.89. The van der Waals surface area contributed by atoms with Gasteiger partial charge in [0.25, 0.3) is 0 Å². The molecule has 1 aliphatic carbocycles. The predicted octanol–water partition coefficient (Wildman–Crippen LogP) is 4.19. The van der Waals surface area contributed by atoms with Crippen LogP contribution in [0.3, 0.4) is 0 Å². The van der Waals surface area contributed by atoms with E-state index in [4.69, 9.17) is 0 Å². The molecule has 34 heavy (non-hydrogen) atoms. The number of carbonyl (C=O) groups is 2. The number of rotatable bonds is 4. The van der Waals surface area contributed by atoms with Crippen LogP contribution in [0.1, 0.15) is 58.2 Å². The Labute approximate surface area is 204 Å². The molecule has 2 aromatic rings. The first kappa shape index (κ1) is 25.9. The second kappa shape index (κ2) is 12.1. The van der Waals surface area contributed by atoms with E-state index in [-0.39, 0.29) is 17.7 Å². The van der Waals surface area contributed by atoms with E-state index >= 15 is 0 Å². The van der Waals surface area contributed by atoms with Crippen LogP contribution in [0.25, 0.3) is 10.9 Å². The highest BCUT2D eigenvalue weighted by Gasteiger charge is 2.26. The lowest BCUT2D eigenvalue weighted by Crippen LogP contribution is -2.43. The van der Waals surface area contributed by atoms with Crippen LogP contribution in [-0.4, -0.2) is 60.4 Å². The molecule has 1 N–H and O–H groups in total. The van der Waals surface area contributed by atoms with Crippen molar-refractivity contribution < 1.29 is 9.59 Å². The fraction of sp³-hybridized carbons (Fsp3) is 0.630. The molecule has 186 valence electrons. The van der Waals surface area contributed by atoms with Crippen LogP contribution in [0, 0.1) is 24.7 Å². The summed E-state index contributed by atoms with van der Waals surface area (Å²) in [6.45, 7) is 8.14. The fourth-order valence-electron chi connectivity index (χ4n) is 4.89. The van der Waals surface area contributed by atoms with Crippen molar-refractivity contribution >= 4 is 28.5 Å². The summed E-state index contributed by atoms with van der Waals surface area (Å²) < 4.78 is 0. The highest BCUT2D eigenvalue weighted by atomic mass is 16.2.